The molecule has 0 saturated carbocycles. The molecule has 0 aliphatic rings. The maximum absolute atomic E-state index is 13.5. The van der Waals surface area contributed by atoms with Gasteiger partial charge in [0.15, 0.2) is 0 Å². The van der Waals surface area contributed by atoms with Crippen LogP contribution in [-0.2, 0) is 22.6 Å². The maximum Gasteiger partial charge on any atom is 0.242 e. The number of likely N-dealkylation sites (N-methyl/N-ethyl adjacent to an activating group) is 1. The van der Waals surface area contributed by atoms with Crippen molar-refractivity contribution >= 4 is 58.4 Å². The second-order valence-corrected chi connectivity index (χ2v) is 10.0. The third-order valence-corrected chi connectivity index (χ3v) is 7.28. The number of nitrogens with one attached hydrogen (secondary N) is 1. The summed E-state index contributed by atoms with van der Waals surface area (Å²) in [5.41, 5.74) is 1.57. The van der Waals surface area contributed by atoms with Gasteiger partial charge < -0.3 is 10.2 Å². The maximum atomic E-state index is 13.5. The Kier molecular flexibility index (Phi) is 10.1. The molecular weight excluding hydrogens is 511 g/mol. The van der Waals surface area contributed by atoms with Gasteiger partial charge in [-0.05, 0) is 42.0 Å². The van der Waals surface area contributed by atoms with Crippen LogP contribution in [0.15, 0.2) is 77.7 Å². The van der Waals surface area contributed by atoms with Crippen molar-refractivity contribution in [1.29, 1.82) is 0 Å². The summed E-state index contributed by atoms with van der Waals surface area (Å²) in [6, 6.07) is 21.6. The van der Waals surface area contributed by atoms with Crippen LogP contribution in [0.2, 0.25) is 15.1 Å². The molecule has 34 heavy (non-hydrogen) atoms. The molecular formula is C26H25Cl3N2O2S. The van der Waals surface area contributed by atoms with Crippen molar-refractivity contribution in [2.45, 2.75) is 30.3 Å². The molecule has 0 aromatic heterocycles. The molecule has 0 aliphatic heterocycles. The molecule has 3 rings (SSSR count). The number of thioether (sulfide) groups is 1. The Labute approximate surface area is 219 Å². The fourth-order valence-corrected chi connectivity index (χ4v) is 4.99. The lowest BCUT2D eigenvalue weighted by atomic mass is 10.0. The van der Waals surface area contributed by atoms with Crippen LogP contribution >= 0.6 is 46.6 Å². The first-order valence-electron chi connectivity index (χ1n) is 10.7. The zero-order valence-corrected chi connectivity index (χ0v) is 21.7. The second-order valence-electron chi connectivity index (χ2n) is 7.59. The fraction of sp³-hybridized carbons (Fsp3) is 0.231. The molecule has 4 nitrogen and oxygen atoms in total. The summed E-state index contributed by atoms with van der Waals surface area (Å²) in [4.78, 5) is 29.1. The highest BCUT2D eigenvalue weighted by atomic mass is 35.5. The van der Waals surface area contributed by atoms with Crippen molar-refractivity contribution in [2.75, 3.05) is 12.8 Å². The lowest BCUT2D eigenvalue weighted by Crippen LogP contribution is -2.49. The zero-order valence-electron chi connectivity index (χ0n) is 18.6. The average Bonchev–Trinajstić information content (AvgIpc) is 2.84. The van der Waals surface area contributed by atoms with Crippen LogP contribution in [0, 0.1) is 0 Å². The first-order valence-corrected chi connectivity index (χ1v) is 12.9. The molecule has 0 fully saturated rings. The monoisotopic (exact) mass is 534 g/mol. The quantitative estimate of drug-likeness (QED) is 0.301. The third-order valence-electron chi connectivity index (χ3n) is 5.31. The van der Waals surface area contributed by atoms with Gasteiger partial charge in [0.25, 0.3) is 0 Å². The standard InChI is InChI=1S/C26H25Cl3N2O2S/c1-30-26(33)24(16-18-6-3-2-4-7-18)31(17-21-22(28)8-5-9-23(21)29)25(32)14-15-34-20-12-10-19(27)11-13-20/h2-13,24H,14-17H2,1H3,(H,30,33). The summed E-state index contributed by atoms with van der Waals surface area (Å²) in [6.07, 6.45) is 0.621. The molecule has 0 spiro atoms. The van der Waals surface area contributed by atoms with Gasteiger partial charge in [0.05, 0.1) is 0 Å². The topological polar surface area (TPSA) is 49.4 Å². The van der Waals surface area contributed by atoms with E-state index in [-0.39, 0.29) is 24.8 Å². The molecule has 0 saturated heterocycles. The molecule has 1 atom stereocenters. The van der Waals surface area contributed by atoms with E-state index in [0.717, 1.165) is 10.5 Å². The number of halogens is 3. The SMILES string of the molecule is CNC(=O)C(Cc1ccccc1)N(Cc1c(Cl)cccc1Cl)C(=O)CCSc1ccc(Cl)cc1. The minimum atomic E-state index is -0.715. The summed E-state index contributed by atoms with van der Waals surface area (Å²) < 4.78 is 0. The van der Waals surface area contributed by atoms with Gasteiger partial charge in [0.2, 0.25) is 11.8 Å². The number of nitrogens with zero attached hydrogens (tertiary/aromatic N) is 1. The number of rotatable bonds is 10. The van der Waals surface area contributed by atoms with E-state index in [2.05, 4.69) is 5.32 Å². The van der Waals surface area contributed by atoms with E-state index in [4.69, 9.17) is 34.8 Å². The number of benzene rings is 3. The number of hydrogen-bond acceptors (Lipinski definition) is 3. The van der Waals surface area contributed by atoms with E-state index < -0.39 is 6.04 Å². The minimum absolute atomic E-state index is 0.133. The van der Waals surface area contributed by atoms with E-state index >= 15 is 0 Å². The van der Waals surface area contributed by atoms with Crippen LogP contribution in [-0.4, -0.2) is 35.6 Å². The van der Waals surface area contributed by atoms with E-state index in [9.17, 15) is 9.59 Å². The van der Waals surface area contributed by atoms with E-state index in [1.54, 1.807) is 41.9 Å². The van der Waals surface area contributed by atoms with E-state index in [1.807, 2.05) is 54.6 Å². The first-order chi connectivity index (χ1) is 16.4. The van der Waals surface area contributed by atoms with Gasteiger partial charge in [-0.2, -0.15) is 0 Å². The van der Waals surface area contributed by atoms with Crippen molar-refractivity contribution in [1.82, 2.24) is 10.2 Å². The highest BCUT2D eigenvalue weighted by molar-refractivity contribution is 7.99. The van der Waals surface area contributed by atoms with E-state index in [0.29, 0.717) is 32.8 Å². The molecule has 1 N–H and O–H groups in total. The van der Waals surface area contributed by atoms with Gasteiger partial charge in [0.1, 0.15) is 6.04 Å². The van der Waals surface area contributed by atoms with Crippen molar-refractivity contribution in [2.24, 2.45) is 0 Å². The van der Waals surface area contributed by atoms with Crippen LogP contribution < -0.4 is 5.32 Å². The van der Waals surface area contributed by atoms with Crippen molar-refractivity contribution in [3.05, 3.63) is 99.0 Å². The van der Waals surface area contributed by atoms with Crippen molar-refractivity contribution < 1.29 is 9.59 Å². The molecule has 178 valence electrons. The summed E-state index contributed by atoms with van der Waals surface area (Å²) in [6.45, 7) is 0.133. The predicted molar refractivity (Wildman–Crippen MR) is 142 cm³/mol. The minimum Gasteiger partial charge on any atom is -0.357 e. The highest BCUT2D eigenvalue weighted by Gasteiger charge is 2.30. The van der Waals surface area contributed by atoms with E-state index in [1.165, 1.54) is 0 Å². The molecule has 0 radical (unpaired) electrons. The Morgan fingerprint density at radius 2 is 1.56 bits per heavy atom. The molecule has 0 heterocycles. The summed E-state index contributed by atoms with van der Waals surface area (Å²) in [5, 5.41) is 4.28. The lowest BCUT2D eigenvalue weighted by Gasteiger charge is -2.31. The van der Waals surface area contributed by atoms with Gasteiger partial charge in [-0.25, -0.2) is 0 Å². The largest absolute Gasteiger partial charge is 0.357 e. The average molecular weight is 536 g/mol. The summed E-state index contributed by atoms with van der Waals surface area (Å²) in [5.74, 6) is 0.159. The van der Waals surface area contributed by atoms with Crippen molar-refractivity contribution in [3.63, 3.8) is 0 Å². The second kappa shape index (κ2) is 13.1. The highest BCUT2D eigenvalue weighted by Crippen LogP contribution is 2.28. The molecule has 2 amide bonds. The van der Waals surface area contributed by atoms with Crippen LogP contribution in [0.1, 0.15) is 17.5 Å². The van der Waals surface area contributed by atoms with Crippen LogP contribution in [0.5, 0.6) is 0 Å². The molecule has 3 aromatic rings. The molecule has 1 unspecified atom stereocenters. The Morgan fingerprint density at radius 3 is 2.18 bits per heavy atom. The van der Waals surface area contributed by atoms with Crippen molar-refractivity contribution in [3.8, 4) is 0 Å². The van der Waals surface area contributed by atoms with Crippen LogP contribution in [0.3, 0.4) is 0 Å². The van der Waals surface area contributed by atoms with Gasteiger partial charge in [0, 0.05) is 57.7 Å². The lowest BCUT2D eigenvalue weighted by molar-refractivity contribution is -0.140. The molecule has 0 bridgehead atoms. The van der Waals surface area contributed by atoms with Gasteiger partial charge in [-0.3, -0.25) is 9.59 Å². The van der Waals surface area contributed by atoms with Gasteiger partial charge in [-0.1, -0.05) is 71.2 Å². The number of amides is 2. The summed E-state index contributed by atoms with van der Waals surface area (Å²) >= 11 is 20.3. The Hall–Kier alpha value is -2.18. The Balaban J connectivity index is 1.85. The zero-order chi connectivity index (χ0) is 24.5. The number of carbonyl (C=O) groups excluding carboxylic acids is 2. The smallest absolute Gasteiger partial charge is 0.242 e. The fourth-order valence-electron chi connectivity index (χ4n) is 3.50. The molecule has 3 aromatic carbocycles. The van der Waals surface area contributed by atoms with Gasteiger partial charge in [-0.15, -0.1) is 11.8 Å². The Morgan fingerprint density at radius 1 is 0.912 bits per heavy atom. The molecule has 8 heteroatoms. The Bertz CT molecular complexity index is 1090. The van der Waals surface area contributed by atoms with Crippen LogP contribution in [0.25, 0.3) is 0 Å². The number of hydrogen-bond donors (Lipinski definition) is 1. The molecule has 0 aliphatic carbocycles. The summed E-state index contributed by atoms with van der Waals surface area (Å²) in [7, 11) is 1.57. The first kappa shape index (κ1) is 26.4. The van der Waals surface area contributed by atoms with Crippen LogP contribution in [0.4, 0.5) is 0 Å². The number of carbonyl (C=O) groups is 2. The normalized spacial score (nSPS) is 11.6. The predicted octanol–water partition coefficient (Wildman–Crippen LogP) is 6.52. The third kappa shape index (κ3) is 7.41. The van der Waals surface area contributed by atoms with Gasteiger partial charge >= 0.3 is 0 Å².